The van der Waals surface area contributed by atoms with Crippen LogP contribution in [0, 0.1) is 0 Å². The molecule has 3 rings (SSSR count). The van der Waals surface area contributed by atoms with Gasteiger partial charge in [0.15, 0.2) is 5.78 Å². The van der Waals surface area contributed by atoms with E-state index in [9.17, 15) is 4.79 Å². The Morgan fingerprint density at radius 1 is 0.963 bits per heavy atom. The lowest BCUT2D eigenvalue weighted by Crippen LogP contribution is -1.99. The fraction of sp³-hybridized carbons (Fsp3) is 0.130. The normalized spacial score (nSPS) is 10.7. The van der Waals surface area contributed by atoms with Crippen molar-refractivity contribution < 1.29 is 14.3 Å². The third-order valence-corrected chi connectivity index (χ3v) is 3.88. The van der Waals surface area contributed by atoms with Crippen LogP contribution in [0.5, 0.6) is 11.5 Å². The second-order valence-electron chi connectivity index (χ2n) is 5.80. The maximum absolute atomic E-state index is 12.4. The van der Waals surface area contributed by atoms with Crippen LogP contribution in [0.2, 0.25) is 0 Å². The van der Waals surface area contributed by atoms with Crippen LogP contribution in [0.1, 0.15) is 28.5 Å². The average molecular weight is 359 g/mol. The topological polar surface area (TPSA) is 48.4 Å². The summed E-state index contributed by atoms with van der Waals surface area (Å²) in [5, 5.41) is 0. The van der Waals surface area contributed by atoms with Crippen molar-refractivity contribution in [3.63, 3.8) is 0 Å². The highest BCUT2D eigenvalue weighted by atomic mass is 16.5. The van der Waals surface area contributed by atoms with Crippen molar-refractivity contribution in [2.24, 2.45) is 0 Å². The van der Waals surface area contributed by atoms with Gasteiger partial charge in [-0.15, -0.1) is 0 Å². The predicted molar refractivity (Wildman–Crippen MR) is 106 cm³/mol. The van der Waals surface area contributed by atoms with Gasteiger partial charge in [-0.3, -0.25) is 9.78 Å². The van der Waals surface area contributed by atoms with Crippen molar-refractivity contribution in [1.82, 2.24) is 4.98 Å². The molecule has 0 aliphatic carbocycles. The highest BCUT2D eigenvalue weighted by Crippen LogP contribution is 2.21. The van der Waals surface area contributed by atoms with Crippen LogP contribution in [-0.2, 0) is 6.61 Å². The van der Waals surface area contributed by atoms with E-state index in [1.165, 1.54) is 0 Å². The summed E-state index contributed by atoms with van der Waals surface area (Å²) < 4.78 is 11.3. The lowest BCUT2D eigenvalue weighted by Gasteiger charge is -2.08. The van der Waals surface area contributed by atoms with Crippen molar-refractivity contribution in [2.75, 3.05) is 6.61 Å². The van der Waals surface area contributed by atoms with Gasteiger partial charge in [-0.05, 0) is 61.5 Å². The number of para-hydroxylation sites is 1. The van der Waals surface area contributed by atoms with Gasteiger partial charge >= 0.3 is 0 Å². The smallest absolute Gasteiger partial charge is 0.185 e. The van der Waals surface area contributed by atoms with Gasteiger partial charge in [0.2, 0.25) is 0 Å². The first-order chi connectivity index (χ1) is 13.3. The summed E-state index contributed by atoms with van der Waals surface area (Å²) >= 11 is 0. The summed E-state index contributed by atoms with van der Waals surface area (Å²) in [5.41, 5.74) is 2.30. The van der Waals surface area contributed by atoms with Crippen LogP contribution < -0.4 is 9.47 Å². The fourth-order valence-corrected chi connectivity index (χ4v) is 2.53. The van der Waals surface area contributed by atoms with E-state index < -0.39 is 0 Å². The Hall–Kier alpha value is -3.40. The molecular formula is C23H21NO3. The molecule has 3 aromatic rings. The molecule has 4 nitrogen and oxygen atoms in total. The molecule has 136 valence electrons. The number of hydrogen-bond donors (Lipinski definition) is 0. The van der Waals surface area contributed by atoms with Crippen LogP contribution in [0.3, 0.4) is 0 Å². The van der Waals surface area contributed by atoms with Gasteiger partial charge in [-0.2, -0.15) is 0 Å². The number of ketones is 1. The zero-order valence-corrected chi connectivity index (χ0v) is 15.2. The highest BCUT2D eigenvalue weighted by Gasteiger charge is 2.05. The monoisotopic (exact) mass is 359 g/mol. The van der Waals surface area contributed by atoms with E-state index in [0.717, 1.165) is 17.0 Å². The number of carbonyl (C=O) groups is 1. The molecule has 0 fully saturated rings. The first kappa shape index (κ1) is 18.4. The molecule has 0 N–H and O–H groups in total. The number of allylic oxidation sites excluding steroid dienone is 1. The number of rotatable bonds is 8. The number of hydrogen-bond acceptors (Lipinski definition) is 4. The van der Waals surface area contributed by atoms with Crippen LogP contribution in [0.4, 0.5) is 0 Å². The van der Waals surface area contributed by atoms with Crippen molar-refractivity contribution >= 4 is 11.9 Å². The van der Waals surface area contributed by atoms with E-state index in [2.05, 4.69) is 4.98 Å². The zero-order valence-electron chi connectivity index (χ0n) is 15.2. The summed E-state index contributed by atoms with van der Waals surface area (Å²) in [7, 11) is 0. The quantitative estimate of drug-likeness (QED) is 0.421. The highest BCUT2D eigenvalue weighted by molar-refractivity contribution is 6.07. The van der Waals surface area contributed by atoms with E-state index in [0.29, 0.717) is 24.5 Å². The average Bonchev–Trinajstić information content (AvgIpc) is 2.72. The Morgan fingerprint density at radius 3 is 2.48 bits per heavy atom. The molecule has 0 aliphatic heterocycles. The number of ether oxygens (including phenoxy) is 2. The van der Waals surface area contributed by atoms with Crippen molar-refractivity contribution in [2.45, 2.75) is 13.5 Å². The van der Waals surface area contributed by atoms with Gasteiger partial charge in [0.1, 0.15) is 18.1 Å². The SMILES string of the molecule is CCOc1ccc(C(=O)/C=C/c2ccccc2OCc2ccccn2)cc1. The molecule has 1 heterocycles. The summed E-state index contributed by atoms with van der Waals surface area (Å²) in [6.07, 6.45) is 5.06. The molecule has 0 amide bonds. The Morgan fingerprint density at radius 2 is 1.74 bits per heavy atom. The standard InChI is InChI=1S/C23H21NO3/c1-2-26-21-13-10-18(11-14-21)22(25)15-12-19-7-3-4-9-23(19)27-17-20-8-5-6-16-24-20/h3-16H,2,17H2,1H3/b15-12+. The second-order valence-corrected chi connectivity index (χ2v) is 5.80. The number of benzene rings is 2. The first-order valence-electron chi connectivity index (χ1n) is 8.83. The maximum atomic E-state index is 12.4. The van der Waals surface area contributed by atoms with Gasteiger partial charge in [-0.1, -0.05) is 24.3 Å². The molecule has 0 bridgehead atoms. The molecule has 1 aromatic heterocycles. The maximum Gasteiger partial charge on any atom is 0.185 e. The minimum Gasteiger partial charge on any atom is -0.494 e. The Labute approximate surface area is 159 Å². The largest absolute Gasteiger partial charge is 0.494 e. The molecule has 27 heavy (non-hydrogen) atoms. The minimum absolute atomic E-state index is 0.0717. The van der Waals surface area contributed by atoms with Crippen LogP contribution in [0.15, 0.2) is 79.0 Å². The fourth-order valence-electron chi connectivity index (χ4n) is 2.53. The number of aromatic nitrogens is 1. The van der Waals surface area contributed by atoms with Crippen molar-refractivity contribution in [1.29, 1.82) is 0 Å². The van der Waals surface area contributed by atoms with Gasteiger partial charge < -0.3 is 9.47 Å². The van der Waals surface area contributed by atoms with Gasteiger partial charge in [0, 0.05) is 17.3 Å². The van der Waals surface area contributed by atoms with E-state index >= 15 is 0 Å². The molecular weight excluding hydrogens is 338 g/mol. The summed E-state index contributed by atoms with van der Waals surface area (Å²) in [6, 6.07) is 20.4. The predicted octanol–water partition coefficient (Wildman–Crippen LogP) is 4.96. The zero-order chi connectivity index (χ0) is 18.9. The van der Waals surface area contributed by atoms with Crippen molar-refractivity contribution in [3.8, 4) is 11.5 Å². The number of carbonyl (C=O) groups excluding carboxylic acids is 1. The number of nitrogens with zero attached hydrogens (tertiary/aromatic N) is 1. The van der Waals surface area contributed by atoms with Crippen LogP contribution >= 0.6 is 0 Å². The molecule has 4 heteroatoms. The number of pyridine rings is 1. The second kappa shape index (κ2) is 9.34. The van der Waals surface area contributed by atoms with E-state index in [4.69, 9.17) is 9.47 Å². The summed E-state index contributed by atoms with van der Waals surface area (Å²) in [6.45, 7) is 2.90. The van der Waals surface area contributed by atoms with Gasteiger partial charge in [0.25, 0.3) is 0 Å². The molecule has 0 atom stereocenters. The lowest BCUT2D eigenvalue weighted by atomic mass is 10.1. The first-order valence-corrected chi connectivity index (χ1v) is 8.83. The lowest BCUT2D eigenvalue weighted by molar-refractivity contribution is 0.104. The summed E-state index contributed by atoms with van der Waals surface area (Å²) in [5.74, 6) is 1.39. The van der Waals surface area contributed by atoms with Crippen LogP contribution in [0.25, 0.3) is 6.08 Å². The molecule has 2 aromatic carbocycles. The van der Waals surface area contributed by atoms with E-state index in [1.807, 2.05) is 49.4 Å². The molecule has 0 radical (unpaired) electrons. The molecule has 0 saturated carbocycles. The van der Waals surface area contributed by atoms with Crippen molar-refractivity contribution in [3.05, 3.63) is 95.8 Å². The van der Waals surface area contributed by atoms with Gasteiger partial charge in [-0.25, -0.2) is 0 Å². The Balaban J connectivity index is 1.68. The van der Waals surface area contributed by atoms with E-state index in [-0.39, 0.29) is 5.78 Å². The van der Waals surface area contributed by atoms with E-state index in [1.54, 1.807) is 42.6 Å². The Kier molecular flexibility index (Phi) is 6.36. The minimum atomic E-state index is -0.0717. The Bertz CT molecular complexity index is 902. The summed E-state index contributed by atoms with van der Waals surface area (Å²) in [4.78, 5) is 16.6. The molecule has 0 unspecified atom stereocenters. The van der Waals surface area contributed by atoms with Crippen LogP contribution in [-0.4, -0.2) is 17.4 Å². The third kappa shape index (κ3) is 5.28. The molecule has 0 aliphatic rings. The third-order valence-electron chi connectivity index (χ3n) is 3.88. The molecule has 0 spiro atoms. The van der Waals surface area contributed by atoms with Gasteiger partial charge in [0.05, 0.1) is 12.3 Å². The molecule has 0 saturated heterocycles.